The largest absolute Gasteiger partial charge is 0.333 e. The molecule has 1 fully saturated rings. The normalized spacial score (nSPS) is 18.5. The number of sulfonamides is 2. The van der Waals surface area contributed by atoms with Crippen molar-refractivity contribution in [2.75, 3.05) is 0 Å². The van der Waals surface area contributed by atoms with Crippen LogP contribution in [0, 0.1) is 13.8 Å². The van der Waals surface area contributed by atoms with Gasteiger partial charge in [0.15, 0.2) is 0 Å². The van der Waals surface area contributed by atoms with E-state index in [0.29, 0.717) is 12.8 Å². The number of aryl methyl sites for hydroxylation is 2. The van der Waals surface area contributed by atoms with Crippen LogP contribution in [0.3, 0.4) is 0 Å². The van der Waals surface area contributed by atoms with Crippen molar-refractivity contribution in [2.24, 2.45) is 0 Å². The molecule has 34 heavy (non-hydrogen) atoms. The van der Waals surface area contributed by atoms with E-state index in [9.17, 15) is 26.4 Å². The summed E-state index contributed by atoms with van der Waals surface area (Å²) in [4.78, 5) is 24.7. The Bertz CT molecular complexity index is 1140. The Kier molecular flexibility index (Phi) is 7.82. The van der Waals surface area contributed by atoms with Gasteiger partial charge in [-0.05, 0) is 51.0 Å². The van der Waals surface area contributed by atoms with E-state index in [1.807, 2.05) is 23.3 Å². The van der Waals surface area contributed by atoms with Crippen LogP contribution in [0.4, 0.5) is 9.59 Å². The van der Waals surface area contributed by atoms with Gasteiger partial charge >= 0.3 is 12.1 Å². The van der Waals surface area contributed by atoms with Gasteiger partial charge in [0, 0.05) is 0 Å². The first-order chi connectivity index (χ1) is 16.0. The highest BCUT2D eigenvalue weighted by Crippen LogP contribution is 2.19. The average molecular weight is 509 g/mol. The third-order valence-electron chi connectivity index (χ3n) is 5.52. The quantitative estimate of drug-likeness (QED) is 0.470. The third-order valence-corrected chi connectivity index (χ3v) is 8.21. The number of rotatable bonds is 6. The molecule has 0 heterocycles. The fourth-order valence-corrected chi connectivity index (χ4v) is 5.50. The molecule has 1 saturated carbocycles. The van der Waals surface area contributed by atoms with Crippen LogP contribution in [-0.4, -0.2) is 41.0 Å². The molecular weight excluding hydrogens is 480 g/mol. The summed E-state index contributed by atoms with van der Waals surface area (Å²) < 4.78 is 53.7. The van der Waals surface area contributed by atoms with Crippen molar-refractivity contribution >= 4 is 32.1 Å². The Morgan fingerprint density at radius 1 is 0.647 bits per heavy atom. The predicted molar refractivity (Wildman–Crippen MR) is 126 cm³/mol. The number of carbonyl (C=O) groups excluding carboxylic acids is 2. The fraction of sp³-hybridized carbons (Fsp3) is 0.364. The van der Waals surface area contributed by atoms with E-state index >= 15 is 0 Å². The number of benzene rings is 2. The van der Waals surface area contributed by atoms with Crippen molar-refractivity contribution in [2.45, 2.75) is 61.4 Å². The monoisotopic (exact) mass is 508 g/mol. The first-order valence-corrected chi connectivity index (χ1v) is 13.7. The van der Waals surface area contributed by atoms with E-state index in [1.54, 1.807) is 24.3 Å². The molecule has 0 unspecified atom stereocenters. The Hall–Kier alpha value is -3.12. The van der Waals surface area contributed by atoms with Crippen LogP contribution < -0.4 is 20.1 Å². The molecule has 2 aromatic rings. The van der Waals surface area contributed by atoms with Crippen LogP contribution in [0.25, 0.3) is 0 Å². The topological polar surface area (TPSA) is 151 Å². The van der Waals surface area contributed by atoms with Gasteiger partial charge in [-0.2, -0.15) is 0 Å². The van der Waals surface area contributed by atoms with Crippen LogP contribution in [0.15, 0.2) is 58.3 Å². The summed E-state index contributed by atoms with van der Waals surface area (Å²) in [6, 6.07) is 9.08. The van der Waals surface area contributed by atoms with Crippen LogP contribution in [0.5, 0.6) is 0 Å². The zero-order chi connectivity index (χ0) is 24.9. The lowest BCUT2D eigenvalue weighted by molar-refractivity contribution is 0.218. The van der Waals surface area contributed by atoms with E-state index in [4.69, 9.17) is 0 Å². The highest BCUT2D eigenvalue weighted by atomic mass is 32.2. The van der Waals surface area contributed by atoms with Crippen molar-refractivity contribution in [1.82, 2.24) is 20.1 Å². The smallest absolute Gasteiger partial charge is 0.328 e. The molecule has 0 bridgehead atoms. The standard InChI is InChI=1S/C22H28N4O6S2/c1-15-7-11-17(12-8-15)33(29,30)25-21(27)23-19-5-3-4-6-20(19)24-22(28)26-34(31,32)18-13-9-16(2)10-14-18/h7-14,19-20H,3-6H2,1-2H3,(H2,23,25,27)(H2,24,26,28)/t19-,20-/m1/s1. The zero-order valence-electron chi connectivity index (χ0n) is 18.9. The van der Waals surface area contributed by atoms with Crippen molar-refractivity contribution < 1.29 is 26.4 Å². The fourth-order valence-electron chi connectivity index (χ4n) is 3.67. The summed E-state index contributed by atoms with van der Waals surface area (Å²) in [6.07, 6.45) is 2.51. The predicted octanol–water partition coefficient (Wildman–Crippen LogP) is 2.29. The molecule has 0 radical (unpaired) electrons. The second kappa shape index (κ2) is 10.4. The summed E-state index contributed by atoms with van der Waals surface area (Å²) >= 11 is 0. The van der Waals surface area contributed by atoms with Crippen molar-refractivity contribution in [1.29, 1.82) is 0 Å². The number of nitrogens with one attached hydrogen (secondary N) is 4. The molecule has 1 aliphatic rings. The third kappa shape index (κ3) is 6.70. The summed E-state index contributed by atoms with van der Waals surface area (Å²) in [7, 11) is -8.13. The van der Waals surface area contributed by atoms with Gasteiger partial charge in [-0.15, -0.1) is 0 Å². The lowest BCUT2D eigenvalue weighted by atomic mass is 9.90. The minimum absolute atomic E-state index is 0.0488. The van der Waals surface area contributed by atoms with Gasteiger partial charge in [0.1, 0.15) is 0 Å². The Morgan fingerprint density at radius 2 is 0.971 bits per heavy atom. The first kappa shape index (κ1) is 25.5. The molecule has 4 N–H and O–H groups in total. The minimum atomic E-state index is -4.07. The zero-order valence-corrected chi connectivity index (χ0v) is 20.5. The molecule has 2 atom stereocenters. The van der Waals surface area contributed by atoms with Gasteiger partial charge < -0.3 is 10.6 Å². The Morgan fingerprint density at radius 3 is 1.29 bits per heavy atom. The average Bonchev–Trinajstić information content (AvgIpc) is 2.75. The van der Waals surface area contributed by atoms with Gasteiger partial charge in [0.05, 0.1) is 21.9 Å². The molecule has 1 aliphatic carbocycles. The lowest BCUT2D eigenvalue weighted by Crippen LogP contribution is -2.57. The highest BCUT2D eigenvalue weighted by Gasteiger charge is 2.30. The minimum Gasteiger partial charge on any atom is -0.333 e. The van der Waals surface area contributed by atoms with E-state index in [2.05, 4.69) is 10.6 Å². The molecule has 0 aromatic heterocycles. The molecule has 0 saturated heterocycles. The van der Waals surface area contributed by atoms with E-state index in [1.165, 1.54) is 24.3 Å². The summed E-state index contributed by atoms with van der Waals surface area (Å²) in [5.41, 5.74) is 1.75. The second-order valence-corrected chi connectivity index (χ2v) is 11.6. The van der Waals surface area contributed by atoms with Crippen molar-refractivity contribution in [3.63, 3.8) is 0 Å². The summed E-state index contributed by atoms with van der Waals surface area (Å²) in [5.74, 6) is 0. The number of urea groups is 2. The summed E-state index contributed by atoms with van der Waals surface area (Å²) in [6.45, 7) is 3.63. The number of hydrogen-bond donors (Lipinski definition) is 4. The number of carbonyl (C=O) groups is 2. The molecule has 0 aliphatic heterocycles. The van der Waals surface area contributed by atoms with Crippen LogP contribution in [0.1, 0.15) is 36.8 Å². The van der Waals surface area contributed by atoms with Gasteiger partial charge in [-0.3, -0.25) is 0 Å². The first-order valence-electron chi connectivity index (χ1n) is 10.8. The van der Waals surface area contributed by atoms with Gasteiger partial charge in [-0.25, -0.2) is 35.9 Å². The van der Waals surface area contributed by atoms with E-state index in [0.717, 1.165) is 24.0 Å². The molecule has 2 aromatic carbocycles. The van der Waals surface area contributed by atoms with Gasteiger partial charge in [-0.1, -0.05) is 48.2 Å². The van der Waals surface area contributed by atoms with Crippen molar-refractivity contribution in [3.05, 3.63) is 59.7 Å². The molecule has 10 nitrogen and oxygen atoms in total. The molecule has 12 heteroatoms. The summed E-state index contributed by atoms with van der Waals surface area (Å²) in [5, 5.41) is 5.18. The van der Waals surface area contributed by atoms with Crippen LogP contribution in [0.2, 0.25) is 0 Å². The van der Waals surface area contributed by atoms with E-state index < -0.39 is 44.2 Å². The van der Waals surface area contributed by atoms with Gasteiger partial charge in [0.2, 0.25) is 0 Å². The lowest BCUT2D eigenvalue weighted by Gasteiger charge is -2.32. The van der Waals surface area contributed by atoms with E-state index in [-0.39, 0.29) is 9.79 Å². The maximum Gasteiger partial charge on any atom is 0.328 e. The van der Waals surface area contributed by atoms with Crippen molar-refractivity contribution in [3.8, 4) is 0 Å². The van der Waals surface area contributed by atoms with Gasteiger partial charge in [0.25, 0.3) is 20.0 Å². The Balaban J connectivity index is 1.61. The Labute approximate surface area is 199 Å². The maximum absolute atomic E-state index is 12.4. The molecule has 4 amide bonds. The molecule has 0 spiro atoms. The maximum atomic E-state index is 12.4. The highest BCUT2D eigenvalue weighted by molar-refractivity contribution is 7.90. The number of hydrogen-bond acceptors (Lipinski definition) is 6. The SMILES string of the molecule is Cc1ccc(S(=O)(=O)NC(=O)N[C@@H]2CCCC[C@H]2NC(=O)NS(=O)(=O)c2ccc(C)cc2)cc1. The van der Waals surface area contributed by atoms with Crippen LogP contribution >= 0.6 is 0 Å². The second-order valence-electron chi connectivity index (χ2n) is 8.28. The molecular formula is C22H28N4O6S2. The molecule has 3 rings (SSSR count). The molecule has 184 valence electrons. The van der Waals surface area contributed by atoms with Crippen LogP contribution in [-0.2, 0) is 20.0 Å². The number of amides is 4.